The van der Waals surface area contributed by atoms with Crippen LogP contribution in [0.5, 0.6) is 0 Å². The van der Waals surface area contributed by atoms with Gasteiger partial charge < -0.3 is 4.74 Å². The number of carbonyl (C=O) groups is 1. The van der Waals surface area contributed by atoms with Gasteiger partial charge in [-0.05, 0) is 39.3 Å². The van der Waals surface area contributed by atoms with Crippen molar-refractivity contribution in [2.45, 2.75) is 38.8 Å². The van der Waals surface area contributed by atoms with Gasteiger partial charge in [-0.3, -0.25) is 4.90 Å². The minimum absolute atomic E-state index is 0.161. The van der Waals surface area contributed by atoms with Crippen LogP contribution < -0.4 is 4.90 Å². The van der Waals surface area contributed by atoms with Crippen molar-refractivity contribution in [3.63, 3.8) is 0 Å². The third-order valence-electron chi connectivity index (χ3n) is 3.24. The van der Waals surface area contributed by atoms with Crippen LogP contribution >= 0.6 is 0 Å². The molecular formula is C15H20FNO4S. The van der Waals surface area contributed by atoms with Gasteiger partial charge in [-0.1, -0.05) is 6.07 Å². The highest BCUT2D eigenvalue weighted by Crippen LogP contribution is 2.35. The maximum atomic E-state index is 13.9. The first-order chi connectivity index (χ1) is 9.98. The number of anilines is 1. The third-order valence-corrected chi connectivity index (χ3v) is 4.23. The quantitative estimate of drug-likeness (QED) is 0.836. The Bertz CT molecular complexity index is 694. The second-order valence-corrected chi connectivity index (χ2v) is 8.72. The smallest absolute Gasteiger partial charge is 0.415 e. The monoisotopic (exact) mass is 329 g/mol. The lowest BCUT2D eigenvalue weighted by Crippen LogP contribution is -2.44. The fourth-order valence-electron chi connectivity index (χ4n) is 2.54. The van der Waals surface area contributed by atoms with Gasteiger partial charge in [0.1, 0.15) is 21.3 Å². The average Bonchev–Trinajstić information content (AvgIpc) is 2.63. The largest absolute Gasteiger partial charge is 0.443 e. The zero-order valence-electron chi connectivity index (χ0n) is 13.1. The minimum Gasteiger partial charge on any atom is -0.443 e. The van der Waals surface area contributed by atoms with Crippen LogP contribution in [0.3, 0.4) is 0 Å². The van der Waals surface area contributed by atoms with E-state index in [-0.39, 0.29) is 12.2 Å². The highest BCUT2D eigenvalue weighted by molar-refractivity contribution is 7.90. The number of rotatable bonds is 2. The number of ether oxygens (including phenoxy) is 1. The van der Waals surface area contributed by atoms with Gasteiger partial charge in [0.15, 0.2) is 0 Å². The molecule has 0 spiro atoms. The first-order valence-corrected chi connectivity index (χ1v) is 9.01. The van der Waals surface area contributed by atoms with Gasteiger partial charge >= 0.3 is 6.09 Å². The molecule has 0 saturated carbocycles. The van der Waals surface area contributed by atoms with Crippen LogP contribution in [0.4, 0.5) is 14.9 Å². The summed E-state index contributed by atoms with van der Waals surface area (Å²) in [6.07, 6.45) is 0.596. The Hall–Kier alpha value is -1.63. The van der Waals surface area contributed by atoms with Crippen LogP contribution in [0, 0.1) is 5.82 Å². The summed E-state index contributed by atoms with van der Waals surface area (Å²) in [5.74, 6) is -0.678. The zero-order chi connectivity index (χ0) is 16.7. The van der Waals surface area contributed by atoms with Crippen molar-refractivity contribution >= 4 is 21.6 Å². The number of nitrogens with zero attached hydrogens (tertiary/aromatic N) is 1. The van der Waals surface area contributed by atoms with E-state index in [4.69, 9.17) is 4.74 Å². The molecule has 0 fully saturated rings. The highest BCUT2D eigenvalue weighted by Gasteiger charge is 2.39. The lowest BCUT2D eigenvalue weighted by molar-refractivity contribution is 0.0573. The summed E-state index contributed by atoms with van der Waals surface area (Å²) >= 11 is 0. The molecule has 1 aromatic rings. The highest BCUT2D eigenvalue weighted by atomic mass is 32.2. The fraction of sp³-hybridized carbons (Fsp3) is 0.533. The van der Waals surface area contributed by atoms with E-state index in [9.17, 15) is 17.6 Å². The summed E-state index contributed by atoms with van der Waals surface area (Å²) in [5, 5.41) is 0. The van der Waals surface area contributed by atoms with E-state index in [0.717, 1.165) is 6.26 Å². The van der Waals surface area contributed by atoms with Crippen LogP contribution in [0.15, 0.2) is 18.2 Å². The lowest BCUT2D eigenvalue weighted by Gasteiger charge is -2.28. The molecule has 0 N–H and O–H groups in total. The first kappa shape index (κ1) is 16.7. The lowest BCUT2D eigenvalue weighted by atomic mass is 10.1. The maximum absolute atomic E-state index is 13.9. The van der Waals surface area contributed by atoms with Gasteiger partial charge in [0.2, 0.25) is 0 Å². The summed E-state index contributed by atoms with van der Waals surface area (Å²) in [4.78, 5) is 13.7. The van der Waals surface area contributed by atoms with Gasteiger partial charge in [-0.2, -0.15) is 0 Å². The van der Waals surface area contributed by atoms with E-state index >= 15 is 0 Å². The summed E-state index contributed by atoms with van der Waals surface area (Å²) < 4.78 is 42.5. The van der Waals surface area contributed by atoms with Crippen LogP contribution in [-0.4, -0.2) is 38.2 Å². The predicted octanol–water partition coefficient (Wildman–Crippen LogP) is 2.54. The Morgan fingerprint density at radius 2 is 2.05 bits per heavy atom. The predicted molar refractivity (Wildman–Crippen MR) is 82.3 cm³/mol. The van der Waals surface area contributed by atoms with Gasteiger partial charge in [0, 0.05) is 11.8 Å². The molecule has 2 rings (SSSR count). The summed E-state index contributed by atoms with van der Waals surface area (Å²) in [6.45, 7) is 5.16. The molecule has 1 aromatic carbocycles. The van der Waals surface area contributed by atoms with Crippen molar-refractivity contribution in [2.24, 2.45) is 0 Å². The van der Waals surface area contributed by atoms with Crippen molar-refractivity contribution in [3.05, 3.63) is 29.6 Å². The fourth-order valence-corrected chi connectivity index (χ4v) is 3.51. The number of carbonyl (C=O) groups excluding carboxylic acids is 1. The minimum atomic E-state index is -3.32. The van der Waals surface area contributed by atoms with Gasteiger partial charge in [0.05, 0.1) is 17.5 Å². The van der Waals surface area contributed by atoms with E-state index in [1.807, 2.05) is 0 Å². The summed E-state index contributed by atoms with van der Waals surface area (Å²) in [7, 11) is -3.32. The van der Waals surface area contributed by atoms with Gasteiger partial charge in [-0.15, -0.1) is 0 Å². The SMILES string of the molecule is CC(C)(C)OC(=O)N1c2cccc(F)c2C[C@H]1CS(C)(=O)=O. The van der Waals surface area contributed by atoms with Crippen LogP contribution in [0.1, 0.15) is 26.3 Å². The standard InChI is InChI=1S/C15H20FNO4S/c1-15(2,3)21-14(18)17-10(9-22(4,19)20)8-11-12(16)6-5-7-13(11)17/h5-7,10H,8-9H2,1-4H3/t10-/m0/s1. The first-order valence-electron chi connectivity index (χ1n) is 6.95. The molecule has 1 aliphatic rings. The molecule has 22 heavy (non-hydrogen) atoms. The molecule has 0 bridgehead atoms. The van der Waals surface area contributed by atoms with Crippen molar-refractivity contribution in [2.75, 3.05) is 16.9 Å². The molecule has 5 nitrogen and oxygen atoms in total. The van der Waals surface area contributed by atoms with E-state index in [1.165, 1.54) is 17.0 Å². The molecule has 0 saturated heterocycles. The number of hydrogen-bond acceptors (Lipinski definition) is 4. The molecule has 122 valence electrons. The number of fused-ring (bicyclic) bond motifs is 1. The van der Waals surface area contributed by atoms with E-state index < -0.39 is 33.4 Å². The molecule has 1 heterocycles. The number of halogens is 1. The van der Waals surface area contributed by atoms with E-state index in [0.29, 0.717) is 11.3 Å². The number of benzene rings is 1. The maximum Gasteiger partial charge on any atom is 0.415 e. The third kappa shape index (κ3) is 3.76. The molecule has 0 radical (unpaired) electrons. The molecule has 7 heteroatoms. The average molecular weight is 329 g/mol. The Morgan fingerprint density at radius 3 is 2.59 bits per heavy atom. The Balaban J connectivity index is 2.40. The van der Waals surface area contributed by atoms with Crippen LogP contribution in [0.2, 0.25) is 0 Å². The Kier molecular flexibility index (Phi) is 4.21. The number of sulfone groups is 1. The summed E-state index contributed by atoms with van der Waals surface area (Å²) in [5.41, 5.74) is 0.00732. The molecule has 1 atom stereocenters. The molecule has 0 unspecified atom stereocenters. The summed E-state index contributed by atoms with van der Waals surface area (Å²) in [6, 6.07) is 3.74. The Morgan fingerprint density at radius 1 is 1.41 bits per heavy atom. The topological polar surface area (TPSA) is 63.7 Å². The van der Waals surface area contributed by atoms with Crippen LogP contribution in [-0.2, 0) is 21.0 Å². The van der Waals surface area contributed by atoms with Crippen LogP contribution in [0.25, 0.3) is 0 Å². The van der Waals surface area contributed by atoms with Gasteiger partial charge in [-0.25, -0.2) is 17.6 Å². The number of hydrogen-bond donors (Lipinski definition) is 0. The zero-order valence-corrected chi connectivity index (χ0v) is 13.9. The van der Waals surface area contributed by atoms with Gasteiger partial charge in [0.25, 0.3) is 0 Å². The van der Waals surface area contributed by atoms with Crippen molar-refractivity contribution < 1.29 is 22.3 Å². The van der Waals surface area contributed by atoms with Crippen molar-refractivity contribution in [1.82, 2.24) is 0 Å². The number of amides is 1. The molecule has 0 aliphatic carbocycles. The molecular weight excluding hydrogens is 309 g/mol. The molecule has 0 aromatic heterocycles. The second kappa shape index (κ2) is 5.53. The molecule has 1 amide bonds. The molecule has 1 aliphatic heterocycles. The Labute approximate surface area is 130 Å². The van der Waals surface area contributed by atoms with Crippen molar-refractivity contribution in [1.29, 1.82) is 0 Å². The normalized spacial score (nSPS) is 18.2. The van der Waals surface area contributed by atoms with E-state index in [2.05, 4.69) is 0 Å². The van der Waals surface area contributed by atoms with Crippen molar-refractivity contribution in [3.8, 4) is 0 Å². The van der Waals surface area contributed by atoms with E-state index in [1.54, 1.807) is 26.8 Å². The second-order valence-electron chi connectivity index (χ2n) is 6.54.